The molecule has 16 heavy (non-hydrogen) atoms. The Bertz CT molecular complexity index is 490. The molecule has 0 saturated carbocycles. The number of rotatable bonds is 5. The zero-order chi connectivity index (χ0) is 12.1. The van der Waals surface area contributed by atoms with Crippen LogP contribution in [0.25, 0.3) is 0 Å². The second kappa shape index (κ2) is 5.21. The molecule has 0 spiro atoms. The largest absolute Gasteiger partial charge is 0.385 e. The van der Waals surface area contributed by atoms with Crippen molar-refractivity contribution in [1.82, 2.24) is 9.55 Å². The molecule has 0 atom stereocenters. The van der Waals surface area contributed by atoms with Gasteiger partial charge >= 0.3 is 5.69 Å². The van der Waals surface area contributed by atoms with Crippen molar-refractivity contribution in [3.63, 3.8) is 0 Å². The Labute approximate surface area is 90.0 Å². The lowest BCUT2D eigenvalue weighted by Gasteiger charge is -2.08. The molecule has 0 fully saturated rings. The molecule has 8 nitrogen and oxygen atoms in total. The Hall–Kier alpha value is -1.96. The normalized spacial score (nSPS) is 10.3. The van der Waals surface area contributed by atoms with Crippen LogP contribution < -0.4 is 17.0 Å². The minimum atomic E-state index is -0.875. The highest BCUT2D eigenvalue weighted by Crippen LogP contribution is 2.12. The quantitative estimate of drug-likeness (QED) is 0.522. The fourth-order valence-corrected chi connectivity index (χ4v) is 1.25. The van der Waals surface area contributed by atoms with Crippen LogP contribution in [-0.2, 0) is 11.3 Å². The van der Waals surface area contributed by atoms with Gasteiger partial charge in [-0.2, -0.15) is 0 Å². The summed E-state index contributed by atoms with van der Waals surface area (Å²) in [5.41, 5.74) is 3.48. The maximum absolute atomic E-state index is 11.4. The van der Waals surface area contributed by atoms with Crippen molar-refractivity contribution in [1.29, 1.82) is 0 Å². The Kier molecular flexibility index (Phi) is 3.95. The molecule has 0 amide bonds. The molecule has 0 aliphatic heterocycles. The highest BCUT2D eigenvalue weighted by Gasteiger charge is 2.12. The summed E-state index contributed by atoms with van der Waals surface area (Å²) >= 11 is 0. The topological polar surface area (TPSA) is 120 Å². The summed E-state index contributed by atoms with van der Waals surface area (Å²) in [6.07, 6.45) is 0.533. The predicted molar refractivity (Wildman–Crippen MR) is 57.7 cm³/mol. The molecule has 0 aromatic carbocycles. The zero-order valence-electron chi connectivity index (χ0n) is 8.73. The van der Waals surface area contributed by atoms with Crippen LogP contribution in [0.2, 0.25) is 0 Å². The number of nitrogens with one attached hydrogen (secondary N) is 1. The molecule has 0 saturated heterocycles. The summed E-state index contributed by atoms with van der Waals surface area (Å²) in [5.74, 6) is -0.222. The molecular weight excluding hydrogens is 216 g/mol. The van der Waals surface area contributed by atoms with E-state index in [9.17, 15) is 14.5 Å². The van der Waals surface area contributed by atoms with Gasteiger partial charge in [0.25, 0.3) is 5.56 Å². The van der Waals surface area contributed by atoms with Crippen LogP contribution in [0.5, 0.6) is 0 Å². The summed E-state index contributed by atoms with van der Waals surface area (Å²) in [6, 6.07) is 0. The summed E-state index contributed by atoms with van der Waals surface area (Å²) in [5, 5.41) is 2.49. The van der Waals surface area contributed by atoms with Crippen LogP contribution in [0.15, 0.2) is 14.8 Å². The number of nitrogen functional groups attached to an aromatic ring is 1. The zero-order valence-corrected chi connectivity index (χ0v) is 8.73. The Morgan fingerprint density at radius 3 is 2.75 bits per heavy atom. The predicted octanol–water partition coefficient (Wildman–Crippen LogP) is -0.447. The van der Waals surface area contributed by atoms with Crippen molar-refractivity contribution < 1.29 is 4.74 Å². The van der Waals surface area contributed by atoms with Crippen molar-refractivity contribution in [3.05, 3.63) is 25.7 Å². The molecule has 1 heterocycles. The first-order chi connectivity index (χ1) is 7.61. The van der Waals surface area contributed by atoms with Crippen LogP contribution in [-0.4, -0.2) is 23.3 Å². The number of nitroso groups, excluding NO2 is 1. The number of nitrogens with two attached hydrogens (primary N) is 1. The van der Waals surface area contributed by atoms with E-state index in [1.54, 1.807) is 0 Å². The van der Waals surface area contributed by atoms with Crippen LogP contribution >= 0.6 is 0 Å². The van der Waals surface area contributed by atoms with Crippen LogP contribution in [0.3, 0.4) is 0 Å². The summed E-state index contributed by atoms with van der Waals surface area (Å²) in [4.78, 5) is 34.8. The Morgan fingerprint density at radius 2 is 2.19 bits per heavy atom. The third-order valence-corrected chi connectivity index (χ3v) is 2.04. The van der Waals surface area contributed by atoms with Crippen molar-refractivity contribution >= 4 is 11.5 Å². The minimum absolute atomic E-state index is 0.222. The van der Waals surface area contributed by atoms with Gasteiger partial charge in [-0.3, -0.25) is 14.3 Å². The van der Waals surface area contributed by atoms with Gasteiger partial charge in [-0.25, -0.2) is 4.79 Å². The molecule has 0 aliphatic rings. The first-order valence-corrected chi connectivity index (χ1v) is 4.56. The molecular formula is C8H12N4O4. The first kappa shape index (κ1) is 12.1. The lowest BCUT2D eigenvalue weighted by atomic mass is 10.4. The molecule has 8 heteroatoms. The molecule has 0 aliphatic carbocycles. The van der Waals surface area contributed by atoms with E-state index in [2.05, 4.69) is 5.18 Å². The Morgan fingerprint density at radius 1 is 1.50 bits per heavy atom. The average molecular weight is 228 g/mol. The molecule has 3 N–H and O–H groups in total. The molecule has 88 valence electrons. The van der Waals surface area contributed by atoms with Crippen molar-refractivity contribution in [3.8, 4) is 0 Å². The average Bonchev–Trinajstić information content (AvgIpc) is 2.23. The van der Waals surface area contributed by atoms with Crippen LogP contribution in [0.1, 0.15) is 6.42 Å². The summed E-state index contributed by atoms with van der Waals surface area (Å²) in [7, 11) is 1.53. The maximum Gasteiger partial charge on any atom is 0.330 e. The fourth-order valence-electron chi connectivity index (χ4n) is 1.25. The molecule has 1 aromatic heterocycles. The second-order valence-electron chi connectivity index (χ2n) is 3.08. The molecule has 1 rings (SSSR count). The highest BCUT2D eigenvalue weighted by molar-refractivity contribution is 5.55. The number of hydrogen-bond donors (Lipinski definition) is 2. The third-order valence-electron chi connectivity index (χ3n) is 2.04. The number of aromatic amines is 1. The molecule has 0 radical (unpaired) electrons. The number of methoxy groups -OCH3 is 1. The smallest absolute Gasteiger partial charge is 0.330 e. The minimum Gasteiger partial charge on any atom is -0.385 e. The van der Waals surface area contributed by atoms with Crippen molar-refractivity contribution in [2.75, 3.05) is 19.5 Å². The third kappa shape index (κ3) is 2.34. The molecule has 0 bridgehead atoms. The van der Waals surface area contributed by atoms with E-state index in [-0.39, 0.29) is 12.4 Å². The molecule has 1 aromatic rings. The van der Waals surface area contributed by atoms with Gasteiger partial charge in [0.15, 0.2) is 0 Å². The van der Waals surface area contributed by atoms with E-state index in [0.29, 0.717) is 13.0 Å². The van der Waals surface area contributed by atoms with Gasteiger partial charge in [-0.05, 0) is 11.6 Å². The lowest BCUT2D eigenvalue weighted by Crippen LogP contribution is -2.32. The number of hydrogen-bond acceptors (Lipinski definition) is 6. The number of nitrogens with zero attached hydrogens (tertiary/aromatic N) is 2. The van der Waals surface area contributed by atoms with E-state index in [4.69, 9.17) is 10.5 Å². The van der Waals surface area contributed by atoms with E-state index in [0.717, 1.165) is 4.57 Å². The van der Waals surface area contributed by atoms with Gasteiger partial charge in [0.05, 0.1) is 0 Å². The lowest BCUT2D eigenvalue weighted by molar-refractivity contribution is 0.190. The van der Waals surface area contributed by atoms with Crippen molar-refractivity contribution in [2.24, 2.45) is 5.18 Å². The van der Waals surface area contributed by atoms with Gasteiger partial charge in [0.2, 0.25) is 5.69 Å². The van der Waals surface area contributed by atoms with Gasteiger partial charge in [0, 0.05) is 20.3 Å². The summed E-state index contributed by atoms with van der Waals surface area (Å²) in [6.45, 7) is 0.687. The van der Waals surface area contributed by atoms with Gasteiger partial charge in [0.1, 0.15) is 5.82 Å². The van der Waals surface area contributed by atoms with Crippen molar-refractivity contribution in [2.45, 2.75) is 13.0 Å². The van der Waals surface area contributed by atoms with E-state index in [1.165, 1.54) is 7.11 Å². The van der Waals surface area contributed by atoms with Gasteiger partial charge in [-0.1, -0.05) is 0 Å². The second-order valence-corrected chi connectivity index (χ2v) is 3.08. The highest BCUT2D eigenvalue weighted by atomic mass is 16.5. The van der Waals surface area contributed by atoms with E-state index in [1.807, 2.05) is 4.98 Å². The maximum atomic E-state index is 11.4. The fraction of sp³-hybridized carbons (Fsp3) is 0.500. The SMILES string of the molecule is COCCCn1c(N)c(N=O)c(=O)[nH]c1=O. The number of ether oxygens (including phenoxy) is 1. The van der Waals surface area contributed by atoms with E-state index < -0.39 is 16.9 Å². The first-order valence-electron chi connectivity index (χ1n) is 4.56. The number of H-pyrrole nitrogens is 1. The standard InChI is InChI=1S/C8H12N4O4/c1-16-4-2-3-12-6(9)5(11-15)7(13)10-8(12)14/h2-4,9H2,1H3,(H,10,13,14). The van der Waals surface area contributed by atoms with Crippen LogP contribution in [0.4, 0.5) is 11.5 Å². The van der Waals surface area contributed by atoms with E-state index >= 15 is 0 Å². The number of aromatic nitrogens is 2. The summed E-state index contributed by atoms with van der Waals surface area (Å²) < 4.78 is 5.89. The molecule has 0 unspecified atom stereocenters. The monoisotopic (exact) mass is 228 g/mol. The van der Waals surface area contributed by atoms with Gasteiger partial charge < -0.3 is 10.5 Å². The number of anilines is 1. The van der Waals surface area contributed by atoms with Crippen LogP contribution in [0, 0.1) is 4.91 Å². The Balaban J connectivity index is 3.13. The van der Waals surface area contributed by atoms with Gasteiger partial charge in [-0.15, -0.1) is 4.91 Å².